The highest BCUT2D eigenvalue weighted by Crippen LogP contribution is 2.53. The van der Waals surface area contributed by atoms with Gasteiger partial charge in [0.1, 0.15) is 12.4 Å². The lowest BCUT2D eigenvalue weighted by Crippen LogP contribution is -2.62. The van der Waals surface area contributed by atoms with E-state index in [1.54, 1.807) is 7.11 Å². The number of rotatable bonds is 3. The van der Waals surface area contributed by atoms with Crippen molar-refractivity contribution >= 4 is 5.91 Å². The van der Waals surface area contributed by atoms with E-state index in [2.05, 4.69) is 13.8 Å². The summed E-state index contributed by atoms with van der Waals surface area (Å²) in [5.74, 6) is 0.353. The molecule has 4 rings (SSSR count). The van der Waals surface area contributed by atoms with Gasteiger partial charge in [-0.2, -0.15) is 0 Å². The second kappa shape index (κ2) is 6.76. The molecule has 0 bridgehead atoms. The molecular weight excluding hydrogens is 346 g/mol. The van der Waals surface area contributed by atoms with Gasteiger partial charge in [0, 0.05) is 18.4 Å². The standard InChI is InChI=1S/C21H29NO5/c1-19(2)14-20(8-9-21(19)25-10-11-26-21)15-22(18(23)13-27-20)12-16-4-6-17(24-3)7-5-16/h4-7H,8-15H2,1-3H3. The number of carbonyl (C=O) groups excluding carboxylic acids is 1. The lowest BCUT2D eigenvalue weighted by atomic mass is 9.65. The Bertz CT molecular complexity index is 695. The van der Waals surface area contributed by atoms with Crippen LogP contribution in [0.15, 0.2) is 24.3 Å². The molecule has 0 N–H and O–H groups in total. The van der Waals surface area contributed by atoms with Crippen molar-refractivity contribution in [1.82, 2.24) is 4.90 Å². The average molecular weight is 375 g/mol. The number of morpholine rings is 1. The number of hydrogen-bond acceptors (Lipinski definition) is 5. The molecule has 1 atom stereocenters. The molecule has 148 valence electrons. The van der Waals surface area contributed by atoms with Gasteiger partial charge in [0.15, 0.2) is 5.79 Å². The second-order valence-electron chi connectivity index (χ2n) is 8.58. The van der Waals surface area contributed by atoms with Gasteiger partial charge in [0.2, 0.25) is 5.91 Å². The van der Waals surface area contributed by atoms with Crippen molar-refractivity contribution < 1.29 is 23.7 Å². The third-order valence-electron chi connectivity index (χ3n) is 6.32. The normalized spacial score (nSPS) is 29.4. The van der Waals surface area contributed by atoms with Gasteiger partial charge in [0.25, 0.3) is 0 Å². The molecule has 2 saturated heterocycles. The summed E-state index contributed by atoms with van der Waals surface area (Å²) in [6.07, 6.45) is 2.44. The number of carbonyl (C=O) groups is 1. The second-order valence-corrected chi connectivity index (χ2v) is 8.58. The third kappa shape index (κ3) is 3.35. The van der Waals surface area contributed by atoms with E-state index in [0.29, 0.717) is 26.3 Å². The van der Waals surface area contributed by atoms with Crippen molar-refractivity contribution in [3.63, 3.8) is 0 Å². The molecule has 2 spiro atoms. The first-order chi connectivity index (χ1) is 12.9. The minimum absolute atomic E-state index is 0.0444. The predicted octanol–water partition coefficient (Wildman–Crippen LogP) is 2.75. The van der Waals surface area contributed by atoms with Crippen molar-refractivity contribution in [2.45, 2.75) is 51.0 Å². The highest BCUT2D eigenvalue weighted by molar-refractivity contribution is 5.78. The molecule has 0 aromatic heterocycles. The zero-order valence-electron chi connectivity index (χ0n) is 16.5. The van der Waals surface area contributed by atoms with E-state index >= 15 is 0 Å². The number of hydrogen-bond donors (Lipinski definition) is 0. The van der Waals surface area contributed by atoms with Crippen molar-refractivity contribution in [3.8, 4) is 5.75 Å². The van der Waals surface area contributed by atoms with E-state index in [-0.39, 0.29) is 23.5 Å². The fourth-order valence-corrected chi connectivity index (χ4v) is 4.89. The molecule has 6 heteroatoms. The van der Waals surface area contributed by atoms with Crippen LogP contribution in [-0.4, -0.2) is 55.7 Å². The Balaban J connectivity index is 1.49. The van der Waals surface area contributed by atoms with Crippen LogP contribution in [0.1, 0.15) is 38.7 Å². The molecular formula is C21H29NO5. The third-order valence-corrected chi connectivity index (χ3v) is 6.32. The van der Waals surface area contributed by atoms with Gasteiger partial charge < -0.3 is 23.8 Å². The summed E-state index contributed by atoms with van der Waals surface area (Å²) in [7, 11) is 1.65. The van der Waals surface area contributed by atoms with E-state index in [1.807, 2.05) is 29.2 Å². The summed E-state index contributed by atoms with van der Waals surface area (Å²) in [6, 6.07) is 7.87. The van der Waals surface area contributed by atoms with Crippen LogP contribution >= 0.6 is 0 Å². The number of ether oxygens (including phenoxy) is 4. The van der Waals surface area contributed by atoms with E-state index in [9.17, 15) is 4.79 Å². The molecule has 3 aliphatic rings. The Morgan fingerprint density at radius 1 is 1.07 bits per heavy atom. The van der Waals surface area contributed by atoms with Crippen LogP contribution in [0.4, 0.5) is 0 Å². The molecule has 1 aromatic rings. The maximum Gasteiger partial charge on any atom is 0.248 e. The number of benzene rings is 1. The molecule has 0 radical (unpaired) electrons. The van der Waals surface area contributed by atoms with Crippen LogP contribution in [0.25, 0.3) is 0 Å². The lowest BCUT2D eigenvalue weighted by Gasteiger charge is -2.55. The van der Waals surface area contributed by atoms with Crippen molar-refractivity contribution in [3.05, 3.63) is 29.8 Å². The van der Waals surface area contributed by atoms with Gasteiger partial charge in [0.05, 0.1) is 32.5 Å². The summed E-state index contributed by atoms with van der Waals surface area (Å²) in [4.78, 5) is 14.4. The number of methoxy groups -OCH3 is 1. The zero-order chi connectivity index (χ0) is 19.1. The van der Waals surface area contributed by atoms with Crippen molar-refractivity contribution in [2.24, 2.45) is 5.41 Å². The van der Waals surface area contributed by atoms with Crippen LogP contribution in [0, 0.1) is 5.41 Å². The molecule has 1 amide bonds. The molecule has 2 heterocycles. The van der Waals surface area contributed by atoms with Gasteiger partial charge in [-0.3, -0.25) is 4.79 Å². The SMILES string of the molecule is COc1ccc(CN2CC3(CCC4(OCCO4)C(C)(C)C3)OCC2=O)cc1. The van der Waals surface area contributed by atoms with Crippen LogP contribution in [-0.2, 0) is 25.5 Å². The monoisotopic (exact) mass is 375 g/mol. The smallest absolute Gasteiger partial charge is 0.248 e. The fourth-order valence-electron chi connectivity index (χ4n) is 4.89. The van der Waals surface area contributed by atoms with Gasteiger partial charge in [-0.25, -0.2) is 0 Å². The largest absolute Gasteiger partial charge is 0.497 e. The maximum atomic E-state index is 12.5. The molecule has 1 aromatic carbocycles. The molecule has 1 aliphatic carbocycles. The van der Waals surface area contributed by atoms with E-state index in [4.69, 9.17) is 18.9 Å². The Kier molecular flexibility index (Phi) is 4.69. The first kappa shape index (κ1) is 18.7. The highest BCUT2D eigenvalue weighted by atomic mass is 16.7. The first-order valence-corrected chi connectivity index (χ1v) is 9.70. The molecule has 3 fully saturated rings. The van der Waals surface area contributed by atoms with Crippen molar-refractivity contribution in [2.75, 3.05) is 33.5 Å². The zero-order valence-corrected chi connectivity index (χ0v) is 16.5. The molecule has 1 saturated carbocycles. The van der Waals surface area contributed by atoms with Gasteiger partial charge >= 0.3 is 0 Å². The summed E-state index contributed by atoms with van der Waals surface area (Å²) in [5.41, 5.74) is 0.591. The van der Waals surface area contributed by atoms with Crippen LogP contribution in [0.5, 0.6) is 5.75 Å². The Morgan fingerprint density at radius 3 is 2.41 bits per heavy atom. The van der Waals surface area contributed by atoms with Gasteiger partial charge in [-0.1, -0.05) is 26.0 Å². The quantitative estimate of drug-likeness (QED) is 0.813. The summed E-state index contributed by atoms with van der Waals surface area (Å²) in [5, 5.41) is 0. The first-order valence-electron chi connectivity index (χ1n) is 9.70. The van der Waals surface area contributed by atoms with Gasteiger partial charge in [-0.05, 0) is 30.5 Å². The Morgan fingerprint density at radius 2 is 1.78 bits per heavy atom. The summed E-state index contributed by atoms with van der Waals surface area (Å²) >= 11 is 0. The summed E-state index contributed by atoms with van der Waals surface area (Å²) < 4.78 is 23.4. The fraction of sp³-hybridized carbons (Fsp3) is 0.667. The molecule has 2 aliphatic heterocycles. The van der Waals surface area contributed by atoms with Crippen LogP contribution in [0.3, 0.4) is 0 Å². The topological polar surface area (TPSA) is 57.2 Å². The Labute approximate surface area is 160 Å². The van der Waals surface area contributed by atoms with E-state index in [1.165, 1.54) is 0 Å². The highest BCUT2D eigenvalue weighted by Gasteiger charge is 2.59. The van der Waals surface area contributed by atoms with Crippen molar-refractivity contribution in [1.29, 1.82) is 0 Å². The van der Waals surface area contributed by atoms with E-state index in [0.717, 1.165) is 30.6 Å². The minimum atomic E-state index is -0.510. The van der Waals surface area contributed by atoms with Gasteiger partial charge in [-0.15, -0.1) is 0 Å². The maximum absolute atomic E-state index is 12.5. The minimum Gasteiger partial charge on any atom is -0.497 e. The number of nitrogens with zero attached hydrogens (tertiary/aromatic N) is 1. The Hall–Kier alpha value is -1.63. The lowest BCUT2D eigenvalue weighted by molar-refractivity contribution is -0.281. The molecule has 27 heavy (non-hydrogen) atoms. The summed E-state index contributed by atoms with van der Waals surface area (Å²) in [6.45, 7) is 7.02. The predicted molar refractivity (Wildman–Crippen MR) is 99.4 cm³/mol. The van der Waals surface area contributed by atoms with Crippen LogP contribution < -0.4 is 4.74 Å². The molecule has 1 unspecified atom stereocenters. The van der Waals surface area contributed by atoms with Crippen LogP contribution in [0.2, 0.25) is 0 Å². The molecule has 6 nitrogen and oxygen atoms in total. The van der Waals surface area contributed by atoms with E-state index < -0.39 is 5.79 Å². The average Bonchev–Trinajstić information content (AvgIpc) is 3.13. The number of amides is 1.